The molecule has 1 fully saturated rings. The highest BCUT2D eigenvalue weighted by molar-refractivity contribution is 6.30. The van der Waals surface area contributed by atoms with Gasteiger partial charge in [-0.1, -0.05) is 11.6 Å². The number of aromatic nitrogens is 2. The van der Waals surface area contributed by atoms with Gasteiger partial charge in [0.15, 0.2) is 0 Å². The van der Waals surface area contributed by atoms with Gasteiger partial charge in [-0.2, -0.15) is 0 Å². The number of piperidine rings is 1. The summed E-state index contributed by atoms with van der Waals surface area (Å²) in [6.45, 7) is 1.46. The molecule has 0 aromatic carbocycles. The van der Waals surface area contributed by atoms with Gasteiger partial charge >= 0.3 is 0 Å². The molecule has 1 aliphatic heterocycles. The minimum absolute atomic E-state index is 0.0448. The van der Waals surface area contributed by atoms with Crippen LogP contribution >= 0.6 is 11.6 Å². The molecule has 6 heteroatoms. The smallest absolute Gasteiger partial charge is 0.266 e. The maximum absolute atomic E-state index is 12.5. The fourth-order valence-electron chi connectivity index (χ4n) is 2.95. The van der Waals surface area contributed by atoms with E-state index in [0.29, 0.717) is 11.5 Å². The molecular weight excluding hydrogens is 314 g/mol. The van der Waals surface area contributed by atoms with Crippen LogP contribution in [-0.4, -0.2) is 33.9 Å². The van der Waals surface area contributed by atoms with Gasteiger partial charge in [-0.05, 0) is 48.9 Å². The summed E-state index contributed by atoms with van der Waals surface area (Å²) in [5.41, 5.74) is 1.35. The van der Waals surface area contributed by atoms with Gasteiger partial charge in [0.25, 0.3) is 11.5 Å². The summed E-state index contributed by atoms with van der Waals surface area (Å²) in [4.78, 5) is 32.1. The van der Waals surface area contributed by atoms with Gasteiger partial charge in [0.2, 0.25) is 0 Å². The van der Waals surface area contributed by atoms with E-state index in [1.807, 2.05) is 29.4 Å². The van der Waals surface area contributed by atoms with Crippen LogP contribution in [-0.2, 0) is 6.42 Å². The molecule has 0 saturated carbocycles. The van der Waals surface area contributed by atoms with E-state index in [9.17, 15) is 9.59 Å². The summed E-state index contributed by atoms with van der Waals surface area (Å²) >= 11 is 5.79. The first-order valence-corrected chi connectivity index (χ1v) is 8.07. The quantitative estimate of drug-likeness (QED) is 0.939. The second-order valence-corrected chi connectivity index (χ2v) is 6.27. The number of nitrogens with one attached hydrogen (secondary N) is 1. The van der Waals surface area contributed by atoms with E-state index in [-0.39, 0.29) is 16.5 Å². The number of pyridine rings is 2. The highest BCUT2D eigenvalue weighted by Gasteiger charge is 2.24. The number of amides is 1. The summed E-state index contributed by atoms with van der Waals surface area (Å²) in [5, 5.41) is 0.0448. The third-order valence-electron chi connectivity index (χ3n) is 4.28. The lowest BCUT2D eigenvalue weighted by Crippen LogP contribution is -2.39. The lowest BCUT2D eigenvalue weighted by Gasteiger charge is -2.32. The summed E-state index contributed by atoms with van der Waals surface area (Å²) in [5.74, 6) is 0.506. The summed E-state index contributed by atoms with van der Waals surface area (Å²) in [7, 11) is 0. The second-order valence-electron chi connectivity index (χ2n) is 5.86. The Kier molecular flexibility index (Phi) is 4.76. The van der Waals surface area contributed by atoms with Crippen molar-refractivity contribution in [1.82, 2.24) is 14.9 Å². The summed E-state index contributed by atoms with van der Waals surface area (Å²) in [6, 6.07) is 5.52. The highest BCUT2D eigenvalue weighted by atomic mass is 35.5. The molecule has 0 aliphatic carbocycles. The molecule has 0 radical (unpaired) electrons. The van der Waals surface area contributed by atoms with Crippen LogP contribution in [0.4, 0.5) is 0 Å². The second kappa shape index (κ2) is 6.96. The zero-order valence-electron chi connectivity index (χ0n) is 12.7. The van der Waals surface area contributed by atoms with Gasteiger partial charge in [0.05, 0.1) is 5.56 Å². The van der Waals surface area contributed by atoms with E-state index in [4.69, 9.17) is 11.6 Å². The first-order valence-electron chi connectivity index (χ1n) is 7.70. The molecule has 1 amide bonds. The van der Waals surface area contributed by atoms with Crippen LogP contribution in [0.15, 0.2) is 41.6 Å². The number of nitrogens with zero attached hydrogens (tertiary/aromatic N) is 2. The van der Waals surface area contributed by atoms with Gasteiger partial charge in [0.1, 0.15) is 5.02 Å². The molecule has 0 bridgehead atoms. The Balaban J connectivity index is 1.59. The lowest BCUT2D eigenvalue weighted by atomic mass is 9.90. The van der Waals surface area contributed by atoms with Crippen molar-refractivity contribution in [3.8, 4) is 0 Å². The van der Waals surface area contributed by atoms with E-state index in [2.05, 4.69) is 9.97 Å². The third-order valence-corrected chi connectivity index (χ3v) is 4.56. The topological polar surface area (TPSA) is 66.1 Å². The zero-order valence-corrected chi connectivity index (χ0v) is 13.4. The minimum atomic E-state index is -0.376. The molecule has 5 nitrogen and oxygen atoms in total. The average Bonchev–Trinajstić information content (AvgIpc) is 2.58. The predicted molar refractivity (Wildman–Crippen MR) is 88.6 cm³/mol. The maximum Gasteiger partial charge on any atom is 0.266 e. The Morgan fingerprint density at radius 3 is 2.65 bits per heavy atom. The average molecular weight is 332 g/mol. The summed E-state index contributed by atoms with van der Waals surface area (Å²) in [6.07, 6.45) is 8.03. The molecule has 3 rings (SSSR count). The number of rotatable bonds is 3. The van der Waals surface area contributed by atoms with Crippen LogP contribution in [0.5, 0.6) is 0 Å². The number of hydrogen-bond donors (Lipinski definition) is 1. The molecular formula is C17H18ClN3O2. The van der Waals surface area contributed by atoms with Crippen LogP contribution in [0.25, 0.3) is 0 Å². The van der Waals surface area contributed by atoms with Crippen molar-refractivity contribution in [2.24, 2.45) is 5.92 Å². The van der Waals surface area contributed by atoms with Crippen molar-refractivity contribution in [2.75, 3.05) is 13.1 Å². The van der Waals surface area contributed by atoms with E-state index < -0.39 is 0 Å². The number of hydrogen-bond acceptors (Lipinski definition) is 3. The molecule has 1 aliphatic rings. The van der Waals surface area contributed by atoms with Crippen LogP contribution < -0.4 is 5.56 Å². The van der Waals surface area contributed by atoms with E-state index >= 15 is 0 Å². The Morgan fingerprint density at radius 2 is 2.00 bits per heavy atom. The number of aromatic amines is 1. The Morgan fingerprint density at radius 1 is 1.30 bits per heavy atom. The van der Waals surface area contributed by atoms with Gasteiger partial charge in [0, 0.05) is 31.7 Å². The number of likely N-dealkylation sites (tertiary alicyclic amines) is 1. The number of H-pyrrole nitrogens is 1. The summed E-state index contributed by atoms with van der Waals surface area (Å²) < 4.78 is 0. The van der Waals surface area contributed by atoms with Crippen molar-refractivity contribution in [3.05, 3.63) is 63.3 Å². The normalized spacial score (nSPS) is 15.6. The number of carbonyl (C=O) groups excluding carboxylic acids is 1. The molecule has 23 heavy (non-hydrogen) atoms. The molecule has 2 aromatic rings. The monoisotopic (exact) mass is 331 g/mol. The molecule has 0 spiro atoms. The fourth-order valence-corrected chi connectivity index (χ4v) is 3.13. The fraction of sp³-hybridized carbons (Fsp3) is 0.353. The Bertz CT molecular complexity index is 737. The molecule has 1 saturated heterocycles. The predicted octanol–water partition coefficient (Wildman–Crippen LogP) is 2.52. The Labute approximate surface area is 139 Å². The third kappa shape index (κ3) is 3.79. The molecule has 1 N–H and O–H groups in total. The lowest BCUT2D eigenvalue weighted by molar-refractivity contribution is 0.0690. The van der Waals surface area contributed by atoms with Crippen molar-refractivity contribution in [3.63, 3.8) is 0 Å². The van der Waals surface area contributed by atoms with Crippen LogP contribution in [0.1, 0.15) is 28.8 Å². The molecule has 0 atom stereocenters. The molecule has 120 valence electrons. The van der Waals surface area contributed by atoms with Crippen LogP contribution in [0.2, 0.25) is 5.02 Å². The number of halogens is 1. The maximum atomic E-state index is 12.5. The SMILES string of the molecule is O=C(c1c[nH]c(=O)c(Cl)c1)N1CCC(Cc2ccncc2)CC1. The minimum Gasteiger partial charge on any atom is -0.339 e. The van der Waals surface area contributed by atoms with Gasteiger partial charge in [-0.25, -0.2) is 0 Å². The van der Waals surface area contributed by atoms with Crippen molar-refractivity contribution >= 4 is 17.5 Å². The van der Waals surface area contributed by atoms with Crippen molar-refractivity contribution in [1.29, 1.82) is 0 Å². The first-order chi connectivity index (χ1) is 11.1. The van der Waals surface area contributed by atoms with E-state index in [1.165, 1.54) is 17.8 Å². The van der Waals surface area contributed by atoms with Gasteiger partial charge < -0.3 is 9.88 Å². The van der Waals surface area contributed by atoms with E-state index in [1.54, 1.807) is 0 Å². The highest BCUT2D eigenvalue weighted by Crippen LogP contribution is 2.22. The van der Waals surface area contributed by atoms with Crippen molar-refractivity contribution < 1.29 is 4.79 Å². The standard InChI is InChI=1S/C17H18ClN3O2/c18-15-10-14(11-20-16(15)22)17(23)21-7-3-13(4-8-21)9-12-1-5-19-6-2-12/h1-2,5-6,10-11,13H,3-4,7-9H2,(H,20,22). The zero-order chi connectivity index (χ0) is 16.2. The molecule has 2 aromatic heterocycles. The molecule has 3 heterocycles. The largest absolute Gasteiger partial charge is 0.339 e. The number of carbonyl (C=O) groups is 1. The first kappa shape index (κ1) is 15.7. The van der Waals surface area contributed by atoms with Gasteiger partial charge in [-0.15, -0.1) is 0 Å². The molecule has 0 unspecified atom stereocenters. The van der Waals surface area contributed by atoms with Crippen LogP contribution in [0, 0.1) is 5.92 Å². The van der Waals surface area contributed by atoms with E-state index in [0.717, 1.165) is 32.4 Å². The van der Waals surface area contributed by atoms with Crippen LogP contribution in [0.3, 0.4) is 0 Å². The van der Waals surface area contributed by atoms with Gasteiger partial charge in [-0.3, -0.25) is 14.6 Å². The van der Waals surface area contributed by atoms with Crippen molar-refractivity contribution in [2.45, 2.75) is 19.3 Å². The Hall–Kier alpha value is -2.14.